The van der Waals surface area contributed by atoms with Crippen LogP contribution in [0, 0.1) is 34.3 Å². The maximum Gasteiger partial charge on any atom is 0.417 e. The van der Waals surface area contributed by atoms with E-state index in [1.807, 2.05) is 6.07 Å². The second-order valence-electron chi connectivity index (χ2n) is 7.65. The van der Waals surface area contributed by atoms with Crippen molar-refractivity contribution in [1.29, 1.82) is 10.5 Å². The van der Waals surface area contributed by atoms with E-state index in [1.54, 1.807) is 6.07 Å². The van der Waals surface area contributed by atoms with Gasteiger partial charge in [0.25, 0.3) is 5.56 Å². The average molecular weight is 508 g/mol. The van der Waals surface area contributed by atoms with Gasteiger partial charge < -0.3 is 9.30 Å². The van der Waals surface area contributed by atoms with Gasteiger partial charge in [-0.1, -0.05) is 6.07 Å². The van der Waals surface area contributed by atoms with Gasteiger partial charge in [0.2, 0.25) is 5.88 Å². The molecular weight excluding hydrogens is 495 g/mol. The first-order valence-electron chi connectivity index (χ1n) is 10.4. The second-order valence-corrected chi connectivity index (χ2v) is 7.65. The quantitative estimate of drug-likeness (QED) is 0.318. The minimum Gasteiger partial charge on any atom is -0.438 e. The summed E-state index contributed by atoms with van der Waals surface area (Å²) in [4.78, 5) is 17.0. The lowest BCUT2D eigenvalue weighted by molar-refractivity contribution is -0.137. The van der Waals surface area contributed by atoms with Gasteiger partial charge in [-0.25, -0.2) is 13.8 Å². The van der Waals surface area contributed by atoms with E-state index in [2.05, 4.69) is 4.98 Å². The Labute approximate surface area is 206 Å². The summed E-state index contributed by atoms with van der Waals surface area (Å²) in [5, 5.41) is 18.5. The third kappa shape index (κ3) is 5.16. The lowest BCUT2D eigenvalue weighted by Gasteiger charge is -2.18. The molecule has 2 aromatic heterocycles. The van der Waals surface area contributed by atoms with Gasteiger partial charge in [0.15, 0.2) is 0 Å². The van der Waals surface area contributed by atoms with Gasteiger partial charge in [-0.05, 0) is 54.1 Å². The zero-order valence-electron chi connectivity index (χ0n) is 18.6. The molecule has 184 valence electrons. The summed E-state index contributed by atoms with van der Waals surface area (Å²) < 4.78 is 75.2. The van der Waals surface area contributed by atoms with Gasteiger partial charge in [-0.3, -0.25) is 4.79 Å². The predicted octanol–water partition coefficient (Wildman–Crippen LogP) is 5.79. The molecule has 0 radical (unpaired) electrons. The van der Waals surface area contributed by atoms with Crippen LogP contribution >= 0.6 is 0 Å². The Balaban J connectivity index is 1.84. The molecule has 0 saturated heterocycles. The number of rotatable bonds is 5. The Bertz CT molecular complexity index is 1630. The van der Waals surface area contributed by atoms with Crippen molar-refractivity contribution in [2.24, 2.45) is 0 Å². The van der Waals surface area contributed by atoms with Crippen LogP contribution in [0.25, 0.3) is 11.3 Å². The normalized spacial score (nSPS) is 11.0. The van der Waals surface area contributed by atoms with Crippen LogP contribution < -0.4 is 10.3 Å². The van der Waals surface area contributed by atoms with Crippen molar-refractivity contribution in [3.63, 3.8) is 0 Å². The summed E-state index contributed by atoms with van der Waals surface area (Å²) in [6, 6.07) is 14.9. The lowest BCUT2D eigenvalue weighted by Crippen LogP contribution is -2.29. The van der Waals surface area contributed by atoms with Gasteiger partial charge in [-0.2, -0.15) is 23.7 Å². The fraction of sp³-hybridized carbons (Fsp3) is 0.0769. The minimum absolute atomic E-state index is 0.0131. The van der Waals surface area contributed by atoms with E-state index < -0.39 is 41.0 Å². The number of halogens is 5. The largest absolute Gasteiger partial charge is 0.438 e. The Kier molecular flexibility index (Phi) is 6.72. The Morgan fingerprint density at radius 2 is 1.70 bits per heavy atom. The van der Waals surface area contributed by atoms with Crippen LogP contribution in [0.2, 0.25) is 0 Å². The molecule has 11 heteroatoms. The summed E-state index contributed by atoms with van der Waals surface area (Å²) in [6.45, 7) is -0.565. The molecule has 2 heterocycles. The maximum atomic E-state index is 14.3. The van der Waals surface area contributed by atoms with E-state index in [0.717, 1.165) is 16.7 Å². The van der Waals surface area contributed by atoms with Crippen molar-refractivity contribution >= 4 is 0 Å². The van der Waals surface area contributed by atoms with Crippen LogP contribution in [0.3, 0.4) is 0 Å². The molecule has 4 aromatic rings. The van der Waals surface area contributed by atoms with Crippen molar-refractivity contribution in [3.8, 4) is 35.0 Å². The number of nitrogens with zero attached hydrogens (tertiary/aromatic N) is 4. The third-order valence-corrected chi connectivity index (χ3v) is 5.32. The highest BCUT2D eigenvalue weighted by molar-refractivity contribution is 5.64. The minimum atomic E-state index is -5.02. The number of benzene rings is 2. The fourth-order valence-corrected chi connectivity index (χ4v) is 3.56. The first-order valence-corrected chi connectivity index (χ1v) is 10.4. The van der Waals surface area contributed by atoms with Gasteiger partial charge in [0.1, 0.15) is 40.6 Å². The van der Waals surface area contributed by atoms with Crippen molar-refractivity contribution in [1.82, 2.24) is 9.55 Å². The molecule has 0 fully saturated rings. The van der Waals surface area contributed by atoms with Gasteiger partial charge in [0.05, 0.1) is 17.8 Å². The van der Waals surface area contributed by atoms with Crippen molar-refractivity contribution in [3.05, 3.63) is 111 Å². The fourth-order valence-electron chi connectivity index (χ4n) is 3.56. The first kappa shape index (κ1) is 25.1. The summed E-state index contributed by atoms with van der Waals surface area (Å²) in [7, 11) is 0. The number of nitriles is 2. The van der Waals surface area contributed by atoms with Crippen LogP contribution in [0.15, 0.2) is 71.7 Å². The number of hydrogen-bond donors (Lipinski definition) is 0. The molecule has 0 saturated carbocycles. The molecule has 37 heavy (non-hydrogen) atoms. The van der Waals surface area contributed by atoms with E-state index >= 15 is 0 Å². The van der Waals surface area contributed by atoms with E-state index in [-0.39, 0.29) is 34.0 Å². The number of hydrogen-bond acceptors (Lipinski definition) is 5. The molecule has 0 aliphatic heterocycles. The summed E-state index contributed by atoms with van der Waals surface area (Å²) in [5.41, 5.74) is -4.05. The van der Waals surface area contributed by atoms with E-state index in [9.17, 15) is 37.3 Å². The third-order valence-electron chi connectivity index (χ3n) is 5.32. The average Bonchev–Trinajstić information content (AvgIpc) is 2.86. The molecule has 0 aliphatic rings. The Morgan fingerprint density at radius 1 is 0.973 bits per heavy atom. The Hall–Kier alpha value is -5.03. The molecule has 0 atom stereocenters. The lowest BCUT2D eigenvalue weighted by atomic mass is 10.0. The number of pyridine rings is 2. The standard InChI is InChI=1S/C26H13F5N4O2/c27-18-6-3-17(22(28)10-18)14-35-23(11-21(26(29,30)31)20(13-33)25(35)36)15-4-7-19(8-5-15)37-24-16(12-32)2-1-9-34-24/h1-11H,14H2. The van der Waals surface area contributed by atoms with E-state index in [1.165, 1.54) is 42.6 Å². The number of alkyl halides is 3. The zero-order valence-corrected chi connectivity index (χ0v) is 18.6. The molecule has 0 amide bonds. The molecular formula is C26H13F5N4O2. The smallest absolute Gasteiger partial charge is 0.417 e. The number of aromatic nitrogens is 2. The first-order chi connectivity index (χ1) is 17.6. The molecule has 0 aliphatic carbocycles. The molecule has 6 nitrogen and oxygen atoms in total. The van der Waals surface area contributed by atoms with Crippen molar-refractivity contribution in [2.45, 2.75) is 12.7 Å². The van der Waals surface area contributed by atoms with Crippen LogP contribution in [0.1, 0.15) is 22.3 Å². The van der Waals surface area contributed by atoms with Crippen LogP contribution in [-0.2, 0) is 12.7 Å². The van der Waals surface area contributed by atoms with Gasteiger partial charge in [-0.15, -0.1) is 0 Å². The highest BCUT2D eigenvalue weighted by Gasteiger charge is 2.36. The molecule has 0 unspecified atom stereocenters. The maximum absolute atomic E-state index is 14.3. The highest BCUT2D eigenvalue weighted by Crippen LogP contribution is 2.34. The monoisotopic (exact) mass is 508 g/mol. The SMILES string of the molecule is N#Cc1cccnc1Oc1ccc(-c2cc(C(F)(F)F)c(C#N)c(=O)n2Cc2ccc(F)cc2F)cc1. The topological polar surface area (TPSA) is 91.7 Å². The molecule has 0 bridgehead atoms. The van der Waals surface area contributed by atoms with Crippen LogP contribution in [0.5, 0.6) is 11.6 Å². The summed E-state index contributed by atoms with van der Waals surface area (Å²) in [5.74, 6) is -1.67. The summed E-state index contributed by atoms with van der Waals surface area (Å²) in [6.07, 6.45) is -3.61. The van der Waals surface area contributed by atoms with Crippen molar-refractivity contribution in [2.75, 3.05) is 0 Å². The molecule has 0 spiro atoms. The highest BCUT2D eigenvalue weighted by atomic mass is 19.4. The van der Waals surface area contributed by atoms with E-state index in [4.69, 9.17) is 4.74 Å². The zero-order chi connectivity index (χ0) is 26.7. The summed E-state index contributed by atoms with van der Waals surface area (Å²) >= 11 is 0. The molecule has 2 aromatic carbocycles. The molecule has 0 N–H and O–H groups in total. The van der Waals surface area contributed by atoms with Gasteiger partial charge >= 0.3 is 6.18 Å². The van der Waals surface area contributed by atoms with Crippen LogP contribution in [-0.4, -0.2) is 9.55 Å². The number of ether oxygens (including phenoxy) is 1. The van der Waals surface area contributed by atoms with Crippen molar-refractivity contribution < 1.29 is 26.7 Å². The van der Waals surface area contributed by atoms with E-state index in [0.29, 0.717) is 12.1 Å². The Morgan fingerprint density at radius 3 is 2.32 bits per heavy atom. The second kappa shape index (κ2) is 9.91. The molecule has 4 rings (SSSR count). The van der Waals surface area contributed by atoms with Gasteiger partial charge in [0, 0.05) is 17.8 Å². The van der Waals surface area contributed by atoms with Crippen LogP contribution in [0.4, 0.5) is 22.0 Å². The predicted molar refractivity (Wildman–Crippen MR) is 120 cm³/mol.